The Balaban J connectivity index is 1.84. The van der Waals surface area contributed by atoms with Crippen LogP contribution in [0.1, 0.15) is 44.7 Å². The molecule has 0 spiro atoms. The zero-order chi connectivity index (χ0) is 25.2. The lowest BCUT2D eigenvalue weighted by Crippen LogP contribution is -2.42. The lowest BCUT2D eigenvalue weighted by atomic mass is 9.73. The second kappa shape index (κ2) is 10.2. The van der Waals surface area contributed by atoms with Gasteiger partial charge in [-0.3, -0.25) is 9.59 Å². The van der Waals surface area contributed by atoms with E-state index in [2.05, 4.69) is 10.6 Å². The van der Waals surface area contributed by atoms with E-state index < -0.39 is 17.7 Å². The van der Waals surface area contributed by atoms with Crippen LogP contribution in [0, 0.1) is 17.0 Å². The Morgan fingerprint density at radius 3 is 2.71 bits per heavy atom. The fourth-order valence-electron chi connectivity index (χ4n) is 4.93. The third-order valence-electron chi connectivity index (χ3n) is 6.42. The van der Waals surface area contributed by atoms with Gasteiger partial charge >= 0.3 is 0 Å². The van der Waals surface area contributed by atoms with Crippen LogP contribution in [-0.4, -0.2) is 38.5 Å². The summed E-state index contributed by atoms with van der Waals surface area (Å²) in [6.07, 6.45) is 1.53. The van der Waals surface area contributed by atoms with Gasteiger partial charge in [-0.05, 0) is 36.5 Å². The van der Waals surface area contributed by atoms with Crippen LogP contribution in [-0.2, 0) is 14.3 Å². The van der Waals surface area contributed by atoms with Crippen LogP contribution in [0.25, 0.3) is 0 Å². The third-order valence-corrected chi connectivity index (χ3v) is 6.42. The molecule has 186 valence electrons. The van der Waals surface area contributed by atoms with Gasteiger partial charge < -0.3 is 20.3 Å². The monoisotopic (exact) mass is 483 g/mol. The van der Waals surface area contributed by atoms with Crippen molar-refractivity contribution in [2.75, 3.05) is 37.0 Å². The van der Waals surface area contributed by atoms with E-state index >= 15 is 4.39 Å². The molecule has 1 atom stereocenters. The molecule has 2 aromatic rings. The molecule has 0 fully saturated rings. The number of amides is 1. The molecule has 0 aromatic heterocycles. The zero-order valence-electron chi connectivity index (χ0n) is 20.3. The van der Waals surface area contributed by atoms with Crippen molar-refractivity contribution in [3.8, 4) is 0 Å². The number of rotatable bonds is 7. The van der Waals surface area contributed by atoms with Crippen molar-refractivity contribution in [3.63, 3.8) is 0 Å². The summed E-state index contributed by atoms with van der Waals surface area (Å²) in [5, 5.41) is 6.29. The van der Waals surface area contributed by atoms with Gasteiger partial charge in [0, 0.05) is 49.6 Å². The fraction of sp³-hybridized carbons (Fsp3) is 0.407. The number of halogens is 2. The zero-order valence-corrected chi connectivity index (χ0v) is 20.3. The summed E-state index contributed by atoms with van der Waals surface area (Å²) in [7, 11) is 1.60. The predicted octanol–water partition coefficient (Wildman–Crippen LogP) is 4.73. The maximum absolute atomic E-state index is 15.2. The number of nitrogens with zero attached hydrogens (tertiary/aromatic N) is 1. The van der Waals surface area contributed by atoms with Gasteiger partial charge in [-0.2, -0.15) is 0 Å². The first-order valence-electron chi connectivity index (χ1n) is 11.8. The molecule has 1 aliphatic heterocycles. The number of hydrogen-bond donors (Lipinski definition) is 2. The van der Waals surface area contributed by atoms with Gasteiger partial charge in [-0.15, -0.1) is 0 Å². The summed E-state index contributed by atoms with van der Waals surface area (Å²) in [6.45, 7) is 4.87. The third kappa shape index (κ3) is 5.37. The van der Waals surface area contributed by atoms with E-state index in [9.17, 15) is 14.0 Å². The van der Waals surface area contributed by atoms with Gasteiger partial charge in [0.15, 0.2) is 5.78 Å². The number of para-hydroxylation sites is 2. The minimum atomic E-state index is -0.893. The molecule has 0 saturated carbocycles. The van der Waals surface area contributed by atoms with Crippen LogP contribution >= 0.6 is 0 Å². The first-order valence-corrected chi connectivity index (χ1v) is 11.8. The summed E-state index contributed by atoms with van der Waals surface area (Å²) >= 11 is 0. The first kappa shape index (κ1) is 24.9. The average Bonchev–Trinajstić information content (AvgIpc) is 2.91. The summed E-state index contributed by atoms with van der Waals surface area (Å²) in [5.41, 5.74) is 2.37. The summed E-state index contributed by atoms with van der Waals surface area (Å²) in [6, 6.07) is 9.88. The van der Waals surface area contributed by atoms with Crippen molar-refractivity contribution >= 4 is 23.1 Å². The van der Waals surface area contributed by atoms with E-state index in [-0.39, 0.29) is 29.2 Å². The van der Waals surface area contributed by atoms with E-state index in [0.29, 0.717) is 49.4 Å². The van der Waals surface area contributed by atoms with Gasteiger partial charge in [-0.1, -0.05) is 32.0 Å². The molecule has 4 rings (SSSR count). The maximum atomic E-state index is 15.2. The normalized spacial score (nSPS) is 18.9. The second-order valence-electron chi connectivity index (χ2n) is 9.87. The van der Waals surface area contributed by atoms with Crippen LogP contribution in [0.2, 0.25) is 0 Å². The van der Waals surface area contributed by atoms with Crippen molar-refractivity contribution in [2.24, 2.45) is 5.41 Å². The van der Waals surface area contributed by atoms with Crippen LogP contribution in [0.15, 0.2) is 53.7 Å². The highest BCUT2D eigenvalue weighted by atomic mass is 19.1. The summed E-state index contributed by atoms with van der Waals surface area (Å²) < 4.78 is 34.1. The average molecular weight is 484 g/mol. The molecule has 2 N–H and O–H groups in total. The number of methoxy groups -OCH3 is 1. The van der Waals surface area contributed by atoms with Crippen LogP contribution in [0.4, 0.5) is 20.2 Å². The molecule has 0 radical (unpaired) electrons. The van der Waals surface area contributed by atoms with Gasteiger partial charge in [0.05, 0.1) is 24.0 Å². The molecule has 1 amide bonds. The Bertz CT molecular complexity index is 1160. The highest BCUT2D eigenvalue weighted by Crippen LogP contribution is 2.48. The van der Waals surface area contributed by atoms with Crippen molar-refractivity contribution in [2.45, 2.75) is 39.2 Å². The number of ketones is 1. The number of hydrogen-bond acceptors (Lipinski definition) is 5. The van der Waals surface area contributed by atoms with Crippen molar-refractivity contribution in [1.29, 1.82) is 0 Å². The Labute approximate surface area is 204 Å². The van der Waals surface area contributed by atoms with Gasteiger partial charge in [0.25, 0.3) is 0 Å². The van der Waals surface area contributed by atoms with E-state index in [1.165, 1.54) is 12.1 Å². The SMILES string of the molecule is COCCCNC(=O)CN1c2ccccc2NC2=C(C(=O)CC(C)(C)C2)C1c1ccc(F)cc1F. The Hall–Kier alpha value is -3.26. The smallest absolute Gasteiger partial charge is 0.239 e. The molecule has 0 saturated heterocycles. The summed E-state index contributed by atoms with van der Waals surface area (Å²) in [4.78, 5) is 28.3. The number of carbonyl (C=O) groups excluding carboxylic acids is 2. The second-order valence-corrected chi connectivity index (χ2v) is 9.87. The molecule has 1 unspecified atom stereocenters. The fourth-order valence-corrected chi connectivity index (χ4v) is 4.93. The first-order chi connectivity index (χ1) is 16.7. The minimum absolute atomic E-state index is 0.111. The number of carbonyl (C=O) groups is 2. The molecule has 35 heavy (non-hydrogen) atoms. The molecular formula is C27H31F2N3O3. The lowest BCUT2D eigenvalue weighted by Gasteiger charge is -2.38. The van der Waals surface area contributed by atoms with Crippen molar-refractivity contribution < 1.29 is 23.1 Å². The number of benzene rings is 2. The van der Waals surface area contributed by atoms with Crippen LogP contribution in [0.5, 0.6) is 0 Å². The number of Topliss-reactive ketones (excluding diaryl/α,β-unsaturated/α-hetero) is 1. The molecular weight excluding hydrogens is 452 g/mol. The van der Waals surface area contributed by atoms with Crippen molar-refractivity contribution in [3.05, 3.63) is 70.9 Å². The number of anilines is 2. The quantitative estimate of drug-likeness (QED) is 0.557. The molecule has 6 nitrogen and oxygen atoms in total. The molecule has 8 heteroatoms. The summed E-state index contributed by atoms with van der Waals surface area (Å²) in [5.74, 6) is -1.85. The molecule has 2 aromatic carbocycles. The number of ether oxygens (including phenoxy) is 1. The molecule has 1 aliphatic carbocycles. The van der Waals surface area contributed by atoms with E-state index in [4.69, 9.17) is 4.74 Å². The van der Waals surface area contributed by atoms with Crippen LogP contribution < -0.4 is 15.5 Å². The van der Waals surface area contributed by atoms with Gasteiger partial charge in [0.1, 0.15) is 11.6 Å². The number of fused-ring (bicyclic) bond motifs is 1. The molecule has 0 bridgehead atoms. The Kier molecular flexibility index (Phi) is 7.21. The number of nitrogens with one attached hydrogen (secondary N) is 2. The van der Waals surface area contributed by atoms with Crippen LogP contribution in [0.3, 0.4) is 0 Å². The standard InChI is InChI=1S/C27H31F2N3O3/c1-27(2)14-21-25(23(33)15-27)26(18-10-9-17(28)13-19(18)29)32(16-24(34)30-11-6-12-35-3)22-8-5-4-7-20(22)31-21/h4-5,7-10,13,26,31H,6,11-12,14-16H2,1-3H3,(H,30,34). The highest BCUT2D eigenvalue weighted by Gasteiger charge is 2.42. The highest BCUT2D eigenvalue weighted by molar-refractivity contribution is 6.01. The Morgan fingerprint density at radius 2 is 1.97 bits per heavy atom. The lowest BCUT2D eigenvalue weighted by molar-refractivity contribution is -0.120. The van der Waals surface area contributed by atoms with Gasteiger partial charge in [0.2, 0.25) is 5.91 Å². The van der Waals surface area contributed by atoms with Gasteiger partial charge in [-0.25, -0.2) is 8.78 Å². The predicted molar refractivity (Wildman–Crippen MR) is 131 cm³/mol. The minimum Gasteiger partial charge on any atom is -0.385 e. The maximum Gasteiger partial charge on any atom is 0.239 e. The Morgan fingerprint density at radius 1 is 1.20 bits per heavy atom. The van der Waals surface area contributed by atoms with E-state index in [0.717, 1.165) is 11.8 Å². The molecule has 1 heterocycles. The van der Waals surface area contributed by atoms with E-state index in [1.54, 1.807) is 12.0 Å². The number of allylic oxidation sites excluding steroid dienone is 1. The topological polar surface area (TPSA) is 70.7 Å². The molecule has 2 aliphatic rings. The van der Waals surface area contributed by atoms with E-state index in [1.807, 2.05) is 38.1 Å². The largest absolute Gasteiger partial charge is 0.385 e. The van der Waals surface area contributed by atoms with Crippen molar-refractivity contribution in [1.82, 2.24) is 5.32 Å².